The molecule has 5 nitrogen and oxygen atoms in total. The SMILES string of the molecule is Cn1ncc(NCCS(C)=O)c(Br)c1=O. The molecule has 1 atom stereocenters. The van der Waals surface area contributed by atoms with Crippen LogP contribution in [0.1, 0.15) is 0 Å². The lowest BCUT2D eigenvalue weighted by molar-refractivity contribution is 0.686. The largest absolute Gasteiger partial charge is 0.382 e. The molecule has 15 heavy (non-hydrogen) atoms. The molecule has 0 bridgehead atoms. The maximum atomic E-state index is 11.4. The second-order valence-corrected chi connectivity index (χ2v) is 5.35. The van der Waals surface area contributed by atoms with Crippen molar-refractivity contribution in [2.75, 3.05) is 23.9 Å². The van der Waals surface area contributed by atoms with Crippen LogP contribution in [0.5, 0.6) is 0 Å². The van der Waals surface area contributed by atoms with Crippen LogP contribution in [-0.2, 0) is 17.8 Å². The second-order valence-electron chi connectivity index (χ2n) is 3.01. The molecule has 7 heteroatoms. The van der Waals surface area contributed by atoms with Crippen molar-refractivity contribution in [3.05, 3.63) is 21.0 Å². The lowest BCUT2D eigenvalue weighted by atomic mass is 10.4. The normalized spacial score (nSPS) is 12.5. The summed E-state index contributed by atoms with van der Waals surface area (Å²) < 4.78 is 12.5. The number of halogens is 1. The van der Waals surface area contributed by atoms with E-state index in [-0.39, 0.29) is 5.56 Å². The van der Waals surface area contributed by atoms with Crippen LogP contribution in [0.4, 0.5) is 5.69 Å². The van der Waals surface area contributed by atoms with Gasteiger partial charge in [-0.3, -0.25) is 9.00 Å². The number of hydrogen-bond acceptors (Lipinski definition) is 4. The fourth-order valence-corrected chi connectivity index (χ4v) is 1.85. The molecule has 1 aromatic heterocycles. The molecule has 0 radical (unpaired) electrons. The van der Waals surface area contributed by atoms with Gasteiger partial charge in [0.2, 0.25) is 0 Å². The van der Waals surface area contributed by atoms with Gasteiger partial charge in [-0.2, -0.15) is 5.10 Å². The lowest BCUT2D eigenvalue weighted by Gasteiger charge is -2.07. The molecule has 0 fully saturated rings. The summed E-state index contributed by atoms with van der Waals surface area (Å²) in [5, 5.41) is 6.87. The maximum absolute atomic E-state index is 11.4. The lowest BCUT2D eigenvalue weighted by Crippen LogP contribution is -2.22. The highest BCUT2D eigenvalue weighted by Crippen LogP contribution is 2.15. The van der Waals surface area contributed by atoms with E-state index in [9.17, 15) is 9.00 Å². The molecular weight excluding hydrogens is 282 g/mol. The van der Waals surface area contributed by atoms with Crippen molar-refractivity contribution in [3.63, 3.8) is 0 Å². The number of nitrogens with one attached hydrogen (secondary N) is 1. The molecular formula is C8H12BrN3O2S. The fourth-order valence-electron chi connectivity index (χ4n) is 0.963. The van der Waals surface area contributed by atoms with Crippen molar-refractivity contribution in [2.45, 2.75) is 0 Å². The highest BCUT2D eigenvalue weighted by molar-refractivity contribution is 9.10. The summed E-state index contributed by atoms with van der Waals surface area (Å²) in [6, 6.07) is 0. The predicted octanol–water partition coefficient (Wildman–Crippen LogP) is 0.333. The number of hydrogen-bond donors (Lipinski definition) is 1. The van der Waals surface area contributed by atoms with E-state index < -0.39 is 10.8 Å². The monoisotopic (exact) mass is 293 g/mol. The Labute approximate surface area is 98.5 Å². The van der Waals surface area contributed by atoms with E-state index in [1.54, 1.807) is 19.5 Å². The predicted molar refractivity (Wildman–Crippen MR) is 64.6 cm³/mol. The Morgan fingerprint density at radius 3 is 2.93 bits per heavy atom. The average Bonchev–Trinajstić information content (AvgIpc) is 2.18. The summed E-state index contributed by atoms with van der Waals surface area (Å²) in [5.41, 5.74) is 0.432. The zero-order chi connectivity index (χ0) is 11.4. The van der Waals surface area contributed by atoms with Crippen LogP contribution < -0.4 is 10.9 Å². The van der Waals surface area contributed by atoms with Crippen molar-refractivity contribution < 1.29 is 4.21 Å². The molecule has 0 spiro atoms. The van der Waals surface area contributed by atoms with Crippen LogP contribution in [0.15, 0.2) is 15.5 Å². The van der Waals surface area contributed by atoms with E-state index in [0.29, 0.717) is 22.5 Å². The summed E-state index contributed by atoms with van der Waals surface area (Å²) in [6.07, 6.45) is 3.20. The number of aromatic nitrogens is 2. The van der Waals surface area contributed by atoms with E-state index in [1.807, 2.05) is 0 Å². The van der Waals surface area contributed by atoms with E-state index in [4.69, 9.17) is 0 Å². The summed E-state index contributed by atoms with van der Waals surface area (Å²) in [6.45, 7) is 0.552. The Morgan fingerprint density at radius 2 is 2.33 bits per heavy atom. The van der Waals surface area contributed by atoms with Gasteiger partial charge in [0, 0.05) is 36.4 Å². The van der Waals surface area contributed by atoms with Gasteiger partial charge in [0.15, 0.2) is 0 Å². The first-order valence-electron chi connectivity index (χ1n) is 4.28. The van der Waals surface area contributed by atoms with Gasteiger partial charge >= 0.3 is 0 Å². The molecule has 0 saturated heterocycles. The Balaban J connectivity index is 2.75. The third kappa shape index (κ3) is 3.42. The zero-order valence-electron chi connectivity index (χ0n) is 8.49. The molecule has 1 heterocycles. The Morgan fingerprint density at radius 1 is 1.67 bits per heavy atom. The van der Waals surface area contributed by atoms with E-state index in [1.165, 1.54) is 4.68 Å². The molecule has 0 aromatic carbocycles. The first-order valence-corrected chi connectivity index (χ1v) is 6.80. The van der Waals surface area contributed by atoms with Gasteiger partial charge < -0.3 is 5.32 Å². The summed E-state index contributed by atoms with van der Waals surface area (Å²) in [7, 11) is 0.744. The van der Waals surface area contributed by atoms with Crippen LogP contribution in [0, 0.1) is 0 Å². The van der Waals surface area contributed by atoms with E-state index >= 15 is 0 Å². The van der Waals surface area contributed by atoms with Crippen molar-refractivity contribution in [1.29, 1.82) is 0 Å². The quantitative estimate of drug-likeness (QED) is 0.869. The second kappa shape index (κ2) is 5.41. The molecule has 0 aliphatic heterocycles. The average molecular weight is 294 g/mol. The van der Waals surface area contributed by atoms with E-state index in [2.05, 4.69) is 26.3 Å². The molecule has 1 aromatic rings. The first kappa shape index (κ1) is 12.4. The van der Waals surface area contributed by atoms with Crippen LogP contribution >= 0.6 is 15.9 Å². The summed E-state index contributed by atoms with van der Waals surface area (Å²) in [4.78, 5) is 11.4. The minimum Gasteiger partial charge on any atom is -0.382 e. The standard InChI is InChI=1S/C8H12BrN3O2S/c1-12-8(13)7(9)6(5-11-12)10-3-4-15(2)14/h5,10H,3-4H2,1-2H3. The third-order valence-electron chi connectivity index (χ3n) is 1.78. The van der Waals surface area contributed by atoms with Crippen LogP contribution in [0.25, 0.3) is 0 Å². The van der Waals surface area contributed by atoms with Gasteiger partial charge in [-0.05, 0) is 15.9 Å². The molecule has 0 aliphatic rings. The minimum absolute atomic E-state index is 0.197. The minimum atomic E-state index is -0.837. The molecule has 1 unspecified atom stereocenters. The number of rotatable bonds is 4. The van der Waals surface area contributed by atoms with Gasteiger partial charge in [-0.15, -0.1) is 0 Å². The maximum Gasteiger partial charge on any atom is 0.282 e. The van der Waals surface area contributed by atoms with Gasteiger partial charge in [0.1, 0.15) is 4.47 Å². The smallest absolute Gasteiger partial charge is 0.282 e. The third-order valence-corrected chi connectivity index (χ3v) is 3.33. The van der Waals surface area contributed by atoms with Gasteiger partial charge in [-0.25, -0.2) is 4.68 Å². The summed E-state index contributed by atoms with van der Waals surface area (Å²) in [5.74, 6) is 0.543. The molecule has 1 rings (SSSR count). The number of anilines is 1. The highest BCUT2D eigenvalue weighted by atomic mass is 79.9. The van der Waals surface area contributed by atoms with Gasteiger partial charge in [0.25, 0.3) is 5.56 Å². The van der Waals surface area contributed by atoms with Crippen LogP contribution in [-0.4, -0.2) is 32.5 Å². The first-order chi connectivity index (χ1) is 7.02. The van der Waals surface area contributed by atoms with E-state index in [0.717, 1.165) is 0 Å². The molecule has 0 saturated carbocycles. The van der Waals surface area contributed by atoms with Crippen molar-refractivity contribution in [2.24, 2.45) is 7.05 Å². The fraction of sp³-hybridized carbons (Fsp3) is 0.500. The van der Waals surface area contributed by atoms with Crippen LogP contribution in [0.2, 0.25) is 0 Å². The highest BCUT2D eigenvalue weighted by Gasteiger charge is 2.05. The van der Waals surface area contributed by atoms with Crippen molar-refractivity contribution in [1.82, 2.24) is 9.78 Å². The van der Waals surface area contributed by atoms with Crippen molar-refractivity contribution in [3.8, 4) is 0 Å². The van der Waals surface area contributed by atoms with Crippen molar-refractivity contribution >= 4 is 32.4 Å². The number of aryl methyl sites for hydroxylation is 1. The Kier molecular flexibility index (Phi) is 4.46. The molecule has 0 amide bonds. The zero-order valence-corrected chi connectivity index (χ0v) is 10.9. The molecule has 84 valence electrons. The van der Waals surface area contributed by atoms with Gasteiger partial charge in [-0.1, -0.05) is 0 Å². The molecule has 1 N–H and O–H groups in total. The van der Waals surface area contributed by atoms with Crippen LogP contribution in [0.3, 0.4) is 0 Å². The molecule has 0 aliphatic carbocycles. The Hall–Kier alpha value is -0.690. The number of nitrogens with zero attached hydrogens (tertiary/aromatic N) is 2. The van der Waals surface area contributed by atoms with Gasteiger partial charge in [0.05, 0.1) is 11.9 Å². The summed E-state index contributed by atoms with van der Waals surface area (Å²) >= 11 is 3.19. The Bertz CT molecular complexity index is 432. The topological polar surface area (TPSA) is 64.0 Å².